The molecule has 2 nitrogen and oxygen atoms in total. The molecule has 0 N–H and O–H groups in total. The zero-order valence-corrected chi connectivity index (χ0v) is 3.72. The van der Waals surface area contributed by atoms with E-state index >= 15 is 0 Å². The van der Waals surface area contributed by atoms with Crippen molar-refractivity contribution in [1.29, 1.82) is 0 Å². The summed E-state index contributed by atoms with van der Waals surface area (Å²) in [6.45, 7) is 0. The number of halogens is 1. The molecule has 4 heavy (non-hydrogen) atoms. The van der Waals surface area contributed by atoms with Gasteiger partial charge in [-0.25, -0.2) is 0 Å². The summed E-state index contributed by atoms with van der Waals surface area (Å²) < 4.78 is 8.78. The van der Waals surface area contributed by atoms with Crippen LogP contribution >= 0.6 is 19.1 Å². The van der Waals surface area contributed by atoms with Crippen LogP contribution in [0.5, 0.6) is 0 Å². The third kappa shape index (κ3) is 23.6. The highest BCUT2D eigenvalue weighted by Gasteiger charge is 1.24. The van der Waals surface area contributed by atoms with Crippen molar-refractivity contribution >= 4 is 19.1 Å². The molecule has 0 saturated carbocycles. The van der Waals surface area contributed by atoms with Crippen molar-refractivity contribution in [3.63, 3.8) is 0 Å². The fourth-order valence-electron chi connectivity index (χ4n) is 0. The first-order valence-electron chi connectivity index (χ1n) is 0.454. The molecule has 0 aromatic carbocycles. The van der Waals surface area contributed by atoms with E-state index in [0.717, 1.165) is 0 Å². The number of hydrogen-bond acceptors (Lipinski definition) is 1. The first-order valence-corrected chi connectivity index (χ1v) is 2.67. The minimum atomic E-state index is -1.03. The van der Waals surface area contributed by atoms with Crippen LogP contribution in [0.25, 0.3) is 0 Å². The minimum Gasteiger partial charge on any atom is -0.313 e. The van der Waals surface area contributed by atoms with Crippen LogP contribution in [-0.2, 0) is 4.57 Å². The summed E-state index contributed by atoms with van der Waals surface area (Å²) in [7, 11) is -1.03. The van der Waals surface area contributed by atoms with Gasteiger partial charge in [-0.2, -0.15) is 0 Å². The molecule has 0 aliphatic carbocycles. The van der Waals surface area contributed by atoms with Crippen molar-refractivity contribution in [3.8, 4) is 0 Å². The van der Waals surface area contributed by atoms with Gasteiger partial charge in [0.05, 0.1) is 0 Å². The fraction of sp³-hybridized carbons (Fsp3) is 0. The molecular weight excluding hydrogens is 96.4 g/mol. The molecule has 4 heteroatoms. The predicted molar refractivity (Wildman–Crippen MR) is 18.4 cm³/mol. The Balaban J connectivity index is 0. The summed E-state index contributed by atoms with van der Waals surface area (Å²) in [6.07, 6.45) is 0. The maximum atomic E-state index is 8.78. The van der Waals surface area contributed by atoms with Crippen LogP contribution in [-0.4, -0.2) is 0 Å². The molecule has 3 radical (unpaired) electrons. The van der Waals surface area contributed by atoms with Gasteiger partial charge >= 0.3 is 0 Å². The highest BCUT2D eigenvalue weighted by atomic mass is 35.7. The van der Waals surface area contributed by atoms with Crippen LogP contribution in [0.3, 0.4) is 0 Å². The summed E-state index contributed by atoms with van der Waals surface area (Å²) in [5.74, 6) is 0. The fourth-order valence-corrected chi connectivity index (χ4v) is 0. The summed E-state index contributed by atoms with van der Waals surface area (Å²) in [4.78, 5) is 0. The molecule has 0 rings (SSSR count). The van der Waals surface area contributed by atoms with Crippen molar-refractivity contribution < 1.29 is 4.57 Å². The van der Waals surface area contributed by atoms with E-state index in [9.17, 15) is 0 Å². The minimum absolute atomic E-state index is 0. The van der Waals surface area contributed by atoms with Crippen molar-refractivity contribution in [2.45, 2.75) is 0 Å². The van der Waals surface area contributed by atoms with Gasteiger partial charge < -0.3 is 4.57 Å². The highest BCUT2D eigenvalue weighted by molar-refractivity contribution is 7.57. The molecule has 25 valence electrons. The van der Waals surface area contributed by atoms with Gasteiger partial charge in [0.2, 0.25) is 0 Å². The lowest BCUT2D eigenvalue weighted by Crippen LogP contribution is -0.706. The standard InChI is InChI=1S/ClH2OP.N/c1-3-2;/h3H2;. The van der Waals surface area contributed by atoms with Crippen molar-refractivity contribution in [2.24, 2.45) is 0 Å². The van der Waals surface area contributed by atoms with Crippen molar-refractivity contribution in [1.82, 2.24) is 6.15 Å². The lowest BCUT2D eigenvalue weighted by atomic mass is 14.0. The quantitative estimate of drug-likeness (QED) is 0.405. The Morgan fingerprint density at radius 2 is 1.75 bits per heavy atom. The van der Waals surface area contributed by atoms with Crippen LogP contribution in [0.4, 0.5) is 0 Å². The second kappa shape index (κ2) is 9.77. The Morgan fingerprint density at radius 3 is 1.75 bits per heavy atom. The van der Waals surface area contributed by atoms with Gasteiger partial charge in [0.15, 0.2) is 0 Å². The Hall–Kier alpha value is 0.480. The second-order valence-electron chi connectivity index (χ2n) is 0.0891. The molecule has 1 unspecified atom stereocenters. The summed E-state index contributed by atoms with van der Waals surface area (Å²) >= 11 is 4.53. The van der Waals surface area contributed by atoms with Crippen LogP contribution in [0, 0.1) is 0 Å². The molecule has 0 bridgehead atoms. The molecule has 0 aromatic rings. The molecule has 0 aromatic heterocycles. The predicted octanol–water partition coefficient (Wildman–Crippen LogP) is 0.416. The zero-order valence-electron chi connectivity index (χ0n) is 1.81. The number of nitrogens with zero attached hydrogens (tertiary/aromatic N) is 1. The van der Waals surface area contributed by atoms with Crippen molar-refractivity contribution in [3.05, 3.63) is 0 Å². The van der Waals surface area contributed by atoms with Crippen LogP contribution in [0.2, 0.25) is 0 Å². The van der Waals surface area contributed by atoms with E-state index in [1.807, 2.05) is 0 Å². The molecule has 0 fully saturated rings. The zero-order chi connectivity index (χ0) is 2.71. The SMILES string of the molecule is O=[PH2]Cl.[N]. The average Bonchev–Trinajstić information content (AvgIpc) is 0.918. The largest absolute Gasteiger partial charge is 0.313 e. The molecule has 0 spiro atoms. The maximum Gasteiger partial charge on any atom is 0.146 e. The molecule has 0 amide bonds. The van der Waals surface area contributed by atoms with E-state index in [2.05, 4.69) is 11.2 Å². The van der Waals surface area contributed by atoms with Crippen molar-refractivity contribution in [2.75, 3.05) is 0 Å². The van der Waals surface area contributed by atoms with Crippen LogP contribution in [0.15, 0.2) is 0 Å². The van der Waals surface area contributed by atoms with Crippen LogP contribution in [0.1, 0.15) is 0 Å². The van der Waals surface area contributed by atoms with E-state index in [4.69, 9.17) is 4.57 Å². The number of rotatable bonds is 0. The second-order valence-corrected chi connectivity index (χ2v) is 0.802. The van der Waals surface area contributed by atoms with Gasteiger partial charge in [0.25, 0.3) is 0 Å². The van der Waals surface area contributed by atoms with E-state index in [1.54, 1.807) is 0 Å². The van der Waals surface area contributed by atoms with E-state index < -0.39 is 7.81 Å². The topological polar surface area (TPSA) is 47.6 Å². The highest BCUT2D eigenvalue weighted by Crippen LogP contribution is 1.92. The first kappa shape index (κ1) is 8.82. The third-order valence-corrected chi connectivity index (χ3v) is 0. The van der Waals surface area contributed by atoms with E-state index in [0.29, 0.717) is 0 Å². The van der Waals surface area contributed by atoms with Gasteiger partial charge in [-0.1, -0.05) is 11.2 Å². The lowest BCUT2D eigenvalue weighted by molar-refractivity contribution is 0.605. The summed E-state index contributed by atoms with van der Waals surface area (Å²) in [5, 5.41) is 0. The Kier molecular flexibility index (Phi) is 21.5. The Labute approximate surface area is 30.7 Å². The summed E-state index contributed by atoms with van der Waals surface area (Å²) in [6, 6.07) is 0. The lowest BCUT2D eigenvalue weighted by Gasteiger charge is -1.24. The molecule has 0 aliphatic rings. The third-order valence-electron chi connectivity index (χ3n) is 0. The normalized spacial score (nSPS) is 7.25. The maximum absolute atomic E-state index is 8.78. The molecule has 0 aliphatic heterocycles. The van der Waals surface area contributed by atoms with E-state index in [-0.39, 0.29) is 6.15 Å². The monoisotopic (exact) mass is 98.0 g/mol. The van der Waals surface area contributed by atoms with Gasteiger partial charge in [0.1, 0.15) is 7.81 Å². The van der Waals surface area contributed by atoms with Gasteiger partial charge in [-0.05, 0) is 0 Å². The summed E-state index contributed by atoms with van der Waals surface area (Å²) in [5.41, 5.74) is 0. The van der Waals surface area contributed by atoms with Gasteiger partial charge in [0, 0.05) is 6.15 Å². The molecular formula is H2ClNOP. The number of hydrogen-bond donors (Lipinski definition) is 0. The Morgan fingerprint density at radius 1 is 1.75 bits per heavy atom. The Bertz CT molecular complexity index is 15.5. The molecule has 0 saturated heterocycles. The van der Waals surface area contributed by atoms with E-state index in [1.165, 1.54) is 0 Å². The van der Waals surface area contributed by atoms with Gasteiger partial charge in [-0.15, -0.1) is 0 Å². The molecule has 0 heterocycles. The first-order chi connectivity index (χ1) is 1.41. The molecule has 1 atom stereocenters. The smallest absolute Gasteiger partial charge is 0.146 e. The average molecular weight is 98.4 g/mol. The van der Waals surface area contributed by atoms with Crippen LogP contribution < -0.4 is 6.15 Å². The van der Waals surface area contributed by atoms with Gasteiger partial charge in [-0.3, -0.25) is 0 Å².